The van der Waals surface area contributed by atoms with Crippen molar-refractivity contribution in [3.8, 4) is 11.5 Å². The molecule has 0 saturated heterocycles. The number of aryl methyl sites for hydroxylation is 1. The zero-order chi connectivity index (χ0) is 22.3. The zero-order valence-electron chi connectivity index (χ0n) is 19.3. The second-order valence-electron chi connectivity index (χ2n) is 9.25. The molecule has 0 amide bonds. The maximum Gasteiger partial charge on any atom is 0.130 e. The highest BCUT2D eigenvalue weighted by atomic mass is 19.1. The van der Waals surface area contributed by atoms with Gasteiger partial charge in [-0.1, -0.05) is 18.2 Å². The van der Waals surface area contributed by atoms with Gasteiger partial charge in [0.05, 0.1) is 12.2 Å². The van der Waals surface area contributed by atoms with E-state index < -0.39 is 0 Å². The van der Waals surface area contributed by atoms with E-state index in [4.69, 9.17) is 14.2 Å². The van der Waals surface area contributed by atoms with Crippen molar-refractivity contribution in [3.63, 3.8) is 0 Å². The highest BCUT2D eigenvalue weighted by Gasteiger charge is 2.25. The van der Waals surface area contributed by atoms with Gasteiger partial charge in [0.25, 0.3) is 0 Å². The molecule has 174 valence electrons. The highest BCUT2D eigenvalue weighted by Crippen LogP contribution is 2.38. The molecule has 0 radical (unpaired) electrons. The molecule has 2 aromatic rings. The second kappa shape index (κ2) is 11.2. The zero-order valence-corrected chi connectivity index (χ0v) is 19.3. The number of hydrogen-bond acceptors (Lipinski definition) is 4. The molecule has 1 aliphatic carbocycles. The first-order valence-corrected chi connectivity index (χ1v) is 12.1. The molecule has 4 rings (SSSR count). The summed E-state index contributed by atoms with van der Waals surface area (Å²) in [5, 5.41) is 3.66. The quantitative estimate of drug-likeness (QED) is 0.486. The summed E-state index contributed by atoms with van der Waals surface area (Å²) in [4.78, 5) is 0. The summed E-state index contributed by atoms with van der Waals surface area (Å²) in [7, 11) is 0. The van der Waals surface area contributed by atoms with Crippen molar-refractivity contribution in [2.24, 2.45) is 0 Å². The summed E-state index contributed by atoms with van der Waals surface area (Å²) in [5.41, 5.74) is 1.78. The van der Waals surface area contributed by atoms with E-state index >= 15 is 0 Å². The largest absolute Gasteiger partial charge is 0.490 e. The number of fused-ring (bicyclic) bond motifs is 1. The van der Waals surface area contributed by atoms with Gasteiger partial charge in [0.15, 0.2) is 0 Å². The Balaban J connectivity index is 1.23. The van der Waals surface area contributed by atoms with Gasteiger partial charge in [-0.3, -0.25) is 0 Å². The molecule has 1 N–H and O–H groups in total. The third-order valence-electron chi connectivity index (χ3n) is 6.41. The van der Waals surface area contributed by atoms with Crippen molar-refractivity contribution >= 4 is 0 Å². The lowest BCUT2D eigenvalue weighted by atomic mass is 9.92. The van der Waals surface area contributed by atoms with Gasteiger partial charge in [-0.2, -0.15) is 0 Å². The number of nitrogens with one attached hydrogen (secondary N) is 1. The van der Waals surface area contributed by atoms with Gasteiger partial charge in [0, 0.05) is 18.2 Å². The monoisotopic (exact) mass is 441 g/mol. The van der Waals surface area contributed by atoms with Gasteiger partial charge < -0.3 is 19.5 Å². The first kappa shape index (κ1) is 23.1. The maximum absolute atomic E-state index is 14.1. The predicted molar refractivity (Wildman–Crippen MR) is 125 cm³/mol. The summed E-state index contributed by atoms with van der Waals surface area (Å²) in [6.07, 6.45) is 7.49. The van der Waals surface area contributed by atoms with E-state index in [1.807, 2.05) is 24.3 Å². The van der Waals surface area contributed by atoms with E-state index in [0.717, 1.165) is 75.2 Å². The van der Waals surface area contributed by atoms with Crippen LogP contribution in [0, 0.1) is 5.82 Å². The summed E-state index contributed by atoms with van der Waals surface area (Å²) in [6, 6.07) is 13.5. The molecule has 1 saturated carbocycles. The van der Waals surface area contributed by atoms with Crippen LogP contribution in [0.15, 0.2) is 42.5 Å². The first-order chi connectivity index (χ1) is 15.6. The molecule has 4 nitrogen and oxygen atoms in total. The van der Waals surface area contributed by atoms with Gasteiger partial charge in [-0.05, 0) is 95.2 Å². The second-order valence-corrected chi connectivity index (χ2v) is 9.25. The molecular formula is C27H36FNO3. The van der Waals surface area contributed by atoms with E-state index in [9.17, 15) is 4.39 Å². The van der Waals surface area contributed by atoms with Gasteiger partial charge in [-0.15, -0.1) is 0 Å². The number of ether oxygens (including phenoxy) is 3. The molecule has 1 aliphatic heterocycles. The standard InChI is InChI=1S/C27H36FNO3/c1-19(2)30-17-5-16-29-21-9-11-22(12-10-21)31-23-13-15-26-20(18-23)8-14-27(32-26)24-6-3-4-7-25(24)28/h3-4,6-7,13,15,18-19,21-22,27,29H,5,8-12,14,16-17H2,1-2H3. The Kier molecular flexibility index (Phi) is 8.04. The Bertz CT molecular complexity index is 864. The van der Waals surface area contributed by atoms with Crippen LogP contribution in [0.4, 0.5) is 4.39 Å². The Morgan fingerprint density at radius 2 is 1.88 bits per heavy atom. The molecule has 1 fully saturated rings. The van der Waals surface area contributed by atoms with Crippen molar-refractivity contribution in [1.29, 1.82) is 0 Å². The fraction of sp³-hybridized carbons (Fsp3) is 0.556. The third-order valence-corrected chi connectivity index (χ3v) is 6.41. The van der Waals surface area contributed by atoms with E-state index in [-0.39, 0.29) is 18.0 Å². The Hall–Kier alpha value is -2.11. The van der Waals surface area contributed by atoms with E-state index in [0.29, 0.717) is 17.7 Å². The van der Waals surface area contributed by atoms with Crippen LogP contribution in [0.3, 0.4) is 0 Å². The summed E-state index contributed by atoms with van der Waals surface area (Å²) in [6.45, 7) is 5.99. The number of rotatable bonds is 9. The lowest BCUT2D eigenvalue weighted by molar-refractivity contribution is 0.0758. The van der Waals surface area contributed by atoms with Crippen LogP contribution in [0.25, 0.3) is 0 Å². The fourth-order valence-electron chi connectivity index (χ4n) is 4.67. The molecule has 0 spiro atoms. The summed E-state index contributed by atoms with van der Waals surface area (Å²) < 4.78 is 32.1. The van der Waals surface area contributed by atoms with Crippen molar-refractivity contribution < 1.29 is 18.6 Å². The molecule has 1 atom stereocenters. The molecule has 0 bridgehead atoms. The molecule has 1 heterocycles. The van der Waals surface area contributed by atoms with Crippen molar-refractivity contribution in [2.75, 3.05) is 13.2 Å². The average Bonchev–Trinajstić information content (AvgIpc) is 2.80. The van der Waals surface area contributed by atoms with Crippen LogP contribution in [-0.2, 0) is 11.2 Å². The maximum atomic E-state index is 14.1. The van der Waals surface area contributed by atoms with Crippen molar-refractivity contribution in [1.82, 2.24) is 5.32 Å². The lowest BCUT2D eigenvalue weighted by Gasteiger charge is -2.30. The van der Waals surface area contributed by atoms with Crippen LogP contribution in [0.2, 0.25) is 0 Å². The van der Waals surface area contributed by atoms with Gasteiger partial charge >= 0.3 is 0 Å². The molecular weight excluding hydrogens is 405 g/mol. The summed E-state index contributed by atoms with van der Waals surface area (Å²) in [5.74, 6) is 1.56. The molecule has 0 aromatic heterocycles. The fourth-order valence-corrected chi connectivity index (χ4v) is 4.67. The van der Waals surface area contributed by atoms with Crippen LogP contribution < -0.4 is 14.8 Å². The first-order valence-electron chi connectivity index (χ1n) is 12.1. The van der Waals surface area contributed by atoms with Gasteiger partial charge in [0.2, 0.25) is 0 Å². The SMILES string of the molecule is CC(C)OCCCNC1CCC(Oc2ccc3c(c2)CCC(c2ccccc2F)O3)CC1. The van der Waals surface area contributed by atoms with Gasteiger partial charge in [-0.25, -0.2) is 4.39 Å². The smallest absolute Gasteiger partial charge is 0.130 e. The normalized spacial score (nSPS) is 22.9. The lowest BCUT2D eigenvalue weighted by Crippen LogP contribution is -2.37. The molecule has 2 aliphatic rings. The van der Waals surface area contributed by atoms with E-state index in [1.165, 1.54) is 6.07 Å². The Morgan fingerprint density at radius 1 is 1.06 bits per heavy atom. The average molecular weight is 442 g/mol. The van der Waals surface area contributed by atoms with E-state index in [2.05, 4.69) is 25.2 Å². The Morgan fingerprint density at radius 3 is 2.66 bits per heavy atom. The minimum atomic E-state index is -0.227. The number of halogens is 1. The third kappa shape index (κ3) is 6.23. The Labute approximate surface area is 191 Å². The van der Waals surface area contributed by atoms with Crippen LogP contribution in [0.5, 0.6) is 11.5 Å². The highest BCUT2D eigenvalue weighted by molar-refractivity contribution is 5.42. The van der Waals surface area contributed by atoms with E-state index in [1.54, 1.807) is 6.07 Å². The number of hydrogen-bond donors (Lipinski definition) is 1. The minimum Gasteiger partial charge on any atom is -0.490 e. The van der Waals surface area contributed by atoms with Crippen LogP contribution in [0.1, 0.15) is 69.6 Å². The predicted octanol–water partition coefficient (Wildman–Crippen LogP) is 5.99. The number of benzene rings is 2. The van der Waals surface area contributed by atoms with Crippen molar-refractivity contribution in [3.05, 3.63) is 59.4 Å². The van der Waals surface area contributed by atoms with Gasteiger partial charge in [0.1, 0.15) is 23.4 Å². The molecule has 1 unspecified atom stereocenters. The summed E-state index contributed by atoms with van der Waals surface area (Å²) >= 11 is 0. The molecule has 32 heavy (non-hydrogen) atoms. The van der Waals surface area contributed by atoms with Crippen molar-refractivity contribution in [2.45, 2.75) is 83.1 Å². The minimum absolute atomic E-state index is 0.199. The molecule has 2 aromatic carbocycles. The molecule has 5 heteroatoms. The van der Waals surface area contributed by atoms with Crippen LogP contribution >= 0.6 is 0 Å². The van der Waals surface area contributed by atoms with Crippen LogP contribution in [-0.4, -0.2) is 31.4 Å². The topological polar surface area (TPSA) is 39.7 Å².